The lowest BCUT2D eigenvalue weighted by molar-refractivity contribution is 0.00918. The number of nitrogens with one attached hydrogen (secondary N) is 1. The van der Waals surface area contributed by atoms with E-state index in [2.05, 4.69) is 22.3 Å². The van der Waals surface area contributed by atoms with Gasteiger partial charge in [0.15, 0.2) is 0 Å². The SMILES string of the molecule is Cl.Cl.Clc1ccc(C[C@H]2CC[C@@H](N3CCOCC3)CN2)cc1. The summed E-state index contributed by atoms with van der Waals surface area (Å²) < 4.78 is 5.43. The van der Waals surface area contributed by atoms with Crippen LogP contribution < -0.4 is 5.32 Å². The number of morpholine rings is 1. The van der Waals surface area contributed by atoms with E-state index >= 15 is 0 Å². The van der Waals surface area contributed by atoms with Crippen LogP contribution >= 0.6 is 36.4 Å². The first-order valence-electron chi connectivity index (χ1n) is 7.61. The topological polar surface area (TPSA) is 24.5 Å². The standard InChI is InChI=1S/C16H23ClN2O.2ClH/c17-14-3-1-13(2-4-14)11-15-5-6-16(12-18-15)19-7-9-20-10-8-19;;/h1-4,15-16,18H,5-12H2;2*1H/t15-,16-;;/m1../s1. The summed E-state index contributed by atoms with van der Waals surface area (Å²) in [5.41, 5.74) is 1.37. The van der Waals surface area contributed by atoms with E-state index in [1.807, 2.05) is 12.1 Å². The van der Waals surface area contributed by atoms with Gasteiger partial charge in [-0.3, -0.25) is 4.90 Å². The number of ether oxygens (including phenoxy) is 1. The van der Waals surface area contributed by atoms with Gasteiger partial charge in [0.05, 0.1) is 13.2 Å². The lowest BCUT2D eigenvalue weighted by Gasteiger charge is -2.39. The van der Waals surface area contributed by atoms with Crippen molar-refractivity contribution in [2.24, 2.45) is 0 Å². The molecule has 2 saturated heterocycles. The molecule has 2 aliphatic heterocycles. The number of piperidine rings is 1. The third-order valence-corrected chi connectivity index (χ3v) is 4.70. The predicted molar refractivity (Wildman–Crippen MR) is 96.9 cm³/mol. The van der Waals surface area contributed by atoms with E-state index < -0.39 is 0 Å². The van der Waals surface area contributed by atoms with Gasteiger partial charge in [-0.15, -0.1) is 24.8 Å². The van der Waals surface area contributed by atoms with Crippen LogP contribution in [0.1, 0.15) is 18.4 Å². The molecule has 0 amide bonds. The third-order valence-electron chi connectivity index (χ3n) is 4.45. The normalized spacial score (nSPS) is 25.9. The van der Waals surface area contributed by atoms with Gasteiger partial charge in [-0.1, -0.05) is 23.7 Å². The number of hydrogen-bond donors (Lipinski definition) is 1. The first-order chi connectivity index (χ1) is 9.81. The molecule has 1 aromatic rings. The van der Waals surface area contributed by atoms with Gasteiger partial charge in [-0.2, -0.15) is 0 Å². The minimum Gasteiger partial charge on any atom is -0.379 e. The van der Waals surface area contributed by atoms with Gasteiger partial charge in [0.1, 0.15) is 0 Å². The summed E-state index contributed by atoms with van der Waals surface area (Å²) in [7, 11) is 0. The summed E-state index contributed by atoms with van der Waals surface area (Å²) in [5.74, 6) is 0. The number of rotatable bonds is 3. The number of benzene rings is 1. The lowest BCUT2D eigenvalue weighted by Crippen LogP contribution is -2.53. The van der Waals surface area contributed by atoms with Gasteiger partial charge in [0.2, 0.25) is 0 Å². The van der Waals surface area contributed by atoms with E-state index in [0.29, 0.717) is 12.1 Å². The van der Waals surface area contributed by atoms with Crippen LogP contribution in [0.2, 0.25) is 5.02 Å². The van der Waals surface area contributed by atoms with Gasteiger partial charge in [0, 0.05) is 36.7 Å². The molecule has 0 aromatic heterocycles. The highest BCUT2D eigenvalue weighted by Gasteiger charge is 2.26. The molecule has 3 nitrogen and oxygen atoms in total. The largest absolute Gasteiger partial charge is 0.379 e. The highest BCUT2D eigenvalue weighted by Crippen LogP contribution is 2.19. The quantitative estimate of drug-likeness (QED) is 0.888. The predicted octanol–water partition coefficient (Wildman–Crippen LogP) is 3.18. The molecule has 1 aromatic carbocycles. The summed E-state index contributed by atoms with van der Waals surface area (Å²) >= 11 is 5.93. The van der Waals surface area contributed by atoms with Crippen molar-refractivity contribution in [2.45, 2.75) is 31.3 Å². The Bertz CT molecular complexity index is 416. The van der Waals surface area contributed by atoms with Crippen LogP contribution in [-0.2, 0) is 11.2 Å². The molecule has 22 heavy (non-hydrogen) atoms. The summed E-state index contributed by atoms with van der Waals surface area (Å²) in [4.78, 5) is 2.58. The van der Waals surface area contributed by atoms with Crippen molar-refractivity contribution in [3.63, 3.8) is 0 Å². The van der Waals surface area contributed by atoms with Crippen LogP contribution in [0.15, 0.2) is 24.3 Å². The van der Waals surface area contributed by atoms with E-state index in [1.165, 1.54) is 18.4 Å². The van der Waals surface area contributed by atoms with Crippen LogP contribution in [0.3, 0.4) is 0 Å². The molecule has 0 unspecified atom stereocenters. The Balaban J connectivity index is 0.00000121. The number of halogens is 3. The molecule has 0 saturated carbocycles. The van der Waals surface area contributed by atoms with Gasteiger partial charge in [-0.25, -0.2) is 0 Å². The zero-order chi connectivity index (χ0) is 13.8. The first-order valence-corrected chi connectivity index (χ1v) is 7.99. The van der Waals surface area contributed by atoms with E-state index in [-0.39, 0.29) is 24.8 Å². The van der Waals surface area contributed by atoms with Crippen molar-refractivity contribution < 1.29 is 4.74 Å². The molecule has 1 N–H and O–H groups in total. The first kappa shape index (κ1) is 20.0. The number of nitrogens with zero attached hydrogens (tertiary/aromatic N) is 1. The van der Waals surface area contributed by atoms with Crippen LogP contribution in [0.25, 0.3) is 0 Å². The smallest absolute Gasteiger partial charge is 0.0594 e. The Labute approximate surface area is 150 Å². The summed E-state index contributed by atoms with van der Waals surface area (Å²) in [6.07, 6.45) is 3.66. The van der Waals surface area contributed by atoms with Gasteiger partial charge >= 0.3 is 0 Å². The highest BCUT2D eigenvalue weighted by atomic mass is 35.5. The molecule has 0 bridgehead atoms. The van der Waals surface area contributed by atoms with E-state index in [9.17, 15) is 0 Å². The molecule has 0 radical (unpaired) electrons. The highest BCUT2D eigenvalue weighted by molar-refractivity contribution is 6.30. The van der Waals surface area contributed by atoms with Gasteiger partial charge in [0.25, 0.3) is 0 Å². The van der Waals surface area contributed by atoms with Gasteiger partial charge < -0.3 is 10.1 Å². The Kier molecular flexibility index (Phi) is 9.07. The zero-order valence-electron chi connectivity index (χ0n) is 12.7. The molecular formula is C16H25Cl3N2O. The second kappa shape index (κ2) is 9.96. The number of hydrogen-bond acceptors (Lipinski definition) is 3. The monoisotopic (exact) mass is 366 g/mol. The van der Waals surface area contributed by atoms with Crippen molar-refractivity contribution in [1.82, 2.24) is 10.2 Å². The second-order valence-corrected chi connectivity index (χ2v) is 6.25. The molecule has 2 aliphatic rings. The van der Waals surface area contributed by atoms with Crippen LogP contribution in [0.5, 0.6) is 0 Å². The summed E-state index contributed by atoms with van der Waals surface area (Å²) in [6.45, 7) is 5.08. The fourth-order valence-electron chi connectivity index (χ4n) is 3.23. The van der Waals surface area contributed by atoms with Crippen LogP contribution in [-0.4, -0.2) is 49.8 Å². The zero-order valence-corrected chi connectivity index (χ0v) is 15.1. The molecule has 2 fully saturated rings. The van der Waals surface area contributed by atoms with Crippen molar-refractivity contribution in [3.8, 4) is 0 Å². The molecule has 0 aliphatic carbocycles. The van der Waals surface area contributed by atoms with E-state index in [4.69, 9.17) is 16.3 Å². The maximum atomic E-state index is 5.93. The average Bonchev–Trinajstić information content (AvgIpc) is 2.51. The minimum absolute atomic E-state index is 0. The van der Waals surface area contributed by atoms with E-state index in [0.717, 1.165) is 44.3 Å². The maximum Gasteiger partial charge on any atom is 0.0594 e. The average molecular weight is 368 g/mol. The van der Waals surface area contributed by atoms with Crippen molar-refractivity contribution >= 4 is 36.4 Å². The Morgan fingerprint density at radius 2 is 1.77 bits per heavy atom. The lowest BCUT2D eigenvalue weighted by atomic mass is 9.94. The fraction of sp³-hybridized carbons (Fsp3) is 0.625. The third kappa shape index (κ3) is 5.55. The second-order valence-electron chi connectivity index (χ2n) is 5.82. The van der Waals surface area contributed by atoms with E-state index in [1.54, 1.807) is 0 Å². The molecule has 2 atom stereocenters. The van der Waals surface area contributed by atoms with Crippen LogP contribution in [0.4, 0.5) is 0 Å². The van der Waals surface area contributed by atoms with Crippen molar-refractivity contribution in [3.05, 3.63) is 34.9 Å². The summed E-state index contributed by atoms with van der Waals surface area (Å²) in [6, 6.07) is 9.54. The molecular weight excluding hydrogens is 343 g/mol. The molecule has 0 spiro atoms. The molecule has 126 valence electrons. The Morgan fingerprint density at radius 1 is 1.09 bits per heavy atom. The molecule has 6 heteroatoms. The summed E-state index contributed by atoms with van der Waals surface area (Å²) in [5, 5.41) is 4.53. The van der Waals surface area contributed by atoms with Crippen molar-refractivity contribution in [1.29, 1.82) is 0 Å². The Hall–Kier alpha value is -0.0300. The minimum atomic E-state index is 0. The van der Waals surface area contributed by atoms with Gasteiger partial charge in [-0.05, 0) is 37.0 Å². The maximum absolute atomic E-state index is 5.93. The molecule has 3 rings (SSSR count). The Morgan fingerprint density at radius 3 is 2.36 bits per heavy atom. The molecule has 2 heterocycles. The fourth-order valence-corrected chi connectivity index (χ4v) is 3.36. The van der Waals surface area contributed by atoms with Crippen molar-refractivity contribution in [2.75, 3.05) is 32.8 Å². The van der Waals surface area contributed by atoms with Crippen LogP contribution in [0, 0.1) is 0 Å².